The Morgan fingerprint density at radius 3 is 1.79 bits per heavy atom. The van der Waals surface area contributed by atoms with Crippen molar-refractivity contribution in [2.24, 2.45) is 0 Å². The molecule has 10 atom stereocenters. The average molecular weight is 382 g/mol. The smallest absolute Gasteiger partial charge is 0.187 e. The van der Waals surface area contributed by atoms with Crippen LogP contribution < -0.4 is 0 Å². The van der Waals surface area contributed by atoms with Crippen LogP contribution in [-0.2, 0) is 14.2 Å². The molecule has 12 heteroatoms. The van der Waals surface area contributed by atoms with Crippen molar-refractivity contribution in [2.45, 2.75) is 61.4 Å². The molecule has 0 aromatic rings. The van der Waals surface area contributed by atoms with E-state index >= 15 is 0 Å². The molecule has 0 aromatic heterocycles. The summed E-state index contributed by atoms with van der Waals surface area (Å²) >= 11 is 0. The van der Waals surface area contributed by atoms with E-state index in [-0.39, 0.29) is 37.7 Å². The van der Waals surface area contributed by atoms with Crippen molar-refractivity contribution >= 4 is 37.7 Å². The molecule has 2 heterocycles. The number of aliphatic hydroxyl groups excluding tert-OH is 8. The molecule has 138 valence electrons. The van der Waals surface area contributed by atoms with Crippen molar-refractivity contribution in [2.75, 3.05) is 13.2 Å². The summed E-state index contributed by atoms with van der Waals surface area (Å²) in [4.78, 5) is 0. The van der Waals surface area contributed by atoms with Crippen LogP contribution in [0, 0.1) is 0 Å². The third-order valence-electron chi connectivity index (χ3n) is 3.98. The van der Waals surface area contributed by atoms with Crippen molar-refractivity contribution in [3.63, 3.8) is 0 Å². The van der Waals surface area contributed by atoms with Gasteiger partial charge in [0.25, 0.3) is 0 Å². The maximum atomic E-state index is 9.94. The van der Waals surface area contributed by atoms with E-state index in [2.05, 4.69) is 0 Å². The van der Waals surface area contributed by atoms with E-state index in [1.165, 1.54) is 0 Å². The minimum Gasteiger partial charge on any atom is -0.394 e. The van der Waals surface area contributed by atoms with Crippen LogP contribution in [0.5, 0.6) is 0 Å². The van der Waals surface area contributed by atoms with Crippen molar-refractivity contribution in [1.82, 2.24) is 0 Å². The first-order chi connectivity index (χ1) is 10.8. The quantitative estimate of drug-likeness (QED) is 0.216. The topological polar surface area (TPSA) is 190 Å². The Bertz CT molecular complexity index is 384. The zero-order valence-electron chi connectivity index (χ0n) is 12.7. The maximum Gasteiger partial charge on any atom is 0.187 e. The Kier molecular flexibility index (Phi) is 9.21. The van der Waals surface area contributed by atoms with Crippen LogP contribution in [0.3, 0.4) is 0 Å². The van der Waals surface area contributed by atoms with Crippen LogP contribution in [-0.4, -0.2) is 153 Å². The molecule has 2 aliphatic heterocycles. The number of ether oxygens (including phenoxy) is 3. The van der Waals surface area contributed by atoms with Gasteiger partial charge in [-0.05, 0) is 0 Å². The second kappa shape index (κ2) is 9.67. The SMILES string of the molecule is OC[C@H]1O[C@@H](O[C@H]2[C@H](O)[C@@H](O)C(O)O[C@@H]2CO)[C@H](O)[C@@H](O)[C@H]1O.[Ca]. The Labute approximate surface area is 167 Å². The van der Waals surface area contributed by atoms with Crippen molar-refractivity contribution in [3.8, 4) is 0 Å². The Morgan fingerprint density at radius 1 is 0.667 bits per heavy atom. The van der Waals surface area contributed by atoms with Gasteiger partial charge in [0.15, 0.2) is 12.6 Å². The summed E-state index contributed by atoms with van der Waals surface area (Å²) in [6, 6.07) is 0. The summed E-state index contributed by atoms with van der Waals surface area (Å²) in [7, 11) is 0. The molecular weight excluding hydrogens is 360 g/mol. The monoisotopic (exact) mass is 382 g/mol. The molecule has 0 aromatic carbocycles. The first kappa shape index (κ1) is 22.9. The van der Waals surface area contributed by atoms with E-state index in [0.717, 1.165) is 0 Å². The molecule has 0 aliphatic carbocycles. The average Bonchev–Trinajstić information content (AvgIpc) is 2.55. The molecule has 24 heavy (non-hydrogen) atoms. The number of hydrogen-bond donors (Lipinski definition) is 8. The van der Waals surface area contributed by atoms with Gasteiger partial charge in [-0.15, -0.1) is 0 Å². The molecule has 0 amide bonds. The van der Waals surface area contributed by atoms with E-state index in [9.17, 15) is 35.7 Å². The summed E-state index contributed by atoms with van der Waals surface area (Å²) in [6.45, 7) is -1.35. The summed E-state index contributed by atoms with van der Waals surface area (Å²) in [5.74, 6) is 0. The molecule has 2 rings (SSSR count). The number of rotatable bonds is 4. The van der Waals surface area contributed by atoms with Gasteiger partial charge in [-0.2, -0.15) is 0 Å². The van der Waals surface area contributed by atoms with Gasteiger partial charge < -0.3 is 55.1 Å². The third-order valence-corrected chi connectivity index (χ3v) is 3.98. The van der Waals surface area contributed by atoms with Gasteiger partial charge in [-0.1, -0.05) is 0 Å². The molecule has 2 aliphatic rings. The van der Waals surface area contributed by atoms with E-state index in [0.29, 0.717) is 0 Å². The zero-order chi connectivity index (χ0) is 17.3. The van der Waals surface area contributed by atoms with Gasteiger partial charge >= 0.3 is 0 Å². The predicted octanol–water partition coefficient (Wildman–Crippen LogP) is -5.78. The summed E-state index contributed by atoms with van der Waals surface area (Å²) in [6.07, 6.45) is -15.6. The molecule has 8 N–H and O–H groups in total. The van der Waals surface area contributed by atoms with E-state index in [4.69, 9.17) is 19.3 Å². The van der Waals surface area contributed by atoms with Crippen LogP contribution in [0.4, 0.5) is 0 Å². The molecular formula is C12H22CaO11. The molecule has 0 bridgehead atoms. The second-order valence-corrected chi connectivity index (χ2v) is 5.53. The Balaban J connectivity index is 0.00000288. The number of hydrogen-bond acceptors (Lipinski definition) is 11. The van der Waals surface area contributed by atoms with E-state index in [1.807, 2.05) is 0 Å². The van der Waals surface area contributed by atoms with Crippen LogP contribution in [0.2, 0.25) is 0 Å². The van der Waals surface area contributed by atoms with Gasteiger partial charge in [0.2, 0.25) is 0 Å². The molecule has 1 unspecified atom stereocenters. The third kappa shape index (κ3) is 4.56. The van der Waals surface area contributed by atoms with Gasteiger partial charge in [0.1, 0.15) is 48.8 Å². The largest absolute Gasteiger partial charge is 0.394 e. The van der Waals surface area contributed by atoms with Gasteiger partial charge in [-0.3, -0.25) is 0 Å². The zero-order valence-corrected chi connectivity index (χ0v) is 14.9. The molecule has 0 spiro atoms. The summed E-state index contributed by atoms with van der Waals surface area (Å²) in [5.41, 5.74) is 0. The van der Waals surface area contributed by atoms with Crippen LogP contribution in [0.25, 0.3) is 0 Å². The molecule has 2 fully saturated rings. The van der Waals surface area contributed by atoms with E-state index < -0.39 is 74.6 Å². The van der Waals surface area contributed by atoms with E-state index in [1.54, 1.807) is 0 Å². The molecule has 2 saturated heterocycles. The minimum absolute atomic E-state index is 0. The minimum atomic E-state index is -1.74. The van der Waals surface area contributed by atoms with Gasteiger partial charge in [0.05, 0.1) is 13.2 Å². The van der Waals surface area contributed by atoms with Gasteiger partial charge in [-0.25, -0.2) is 0 Å². The first-order valence-electron chi connectivity index (χ1n) is 7.08. The van der Waals surface area contributed by atoms with Gasteiger partial charge in [0, 0.05) is 37.7 Å². The van der Waals surface area contributed by atoms with Crippen molar-refractivity contribution in [1.29, 1.82) is 0 Å². The normalized spacial score (nSPS) is 49.5. The molecule has 0 saturated carbocycles. The first-order valence-corrected chi connectivity index (χ1v) is 7.08. The molecule has 2 radical (unpaired) electrons. The summed E-state index contributed by atoms with van der Waals surface area (Å²) in [5, 5.41) is 76.5. The fourth-order valence-electron chi connectivity index (χ4n) is 2.57. The fourth-order valence-corrected chi connectivity index (χ4v) is 2.57. The van der Waals surface area contributed by atoms with Crippen LogP contribution >= 0.6 is 0 Å². The second-order valence-electron chi connectivity index (χ2n) is 5.53. The Morgan fingerprint density at radius 2 is 1.25 bits per heavy atom. The van der Waals surface area contributed by atoms with Crippen molar-refractivity contribution < 1.29 is 55.1 Å². The van der Waals surface area contributed by atoms with Crippen LogP contribution in [0.15, 0.2) is 0 Å². The summed E-state index contributed by atoms with van der Waals surface area (Å²) < 4.78 is 15.3. The standard InChI is InChI=1S/C12H22O11.Ca/c13-1-3-5(15)6(16)9(19)12(22-3)23-10-4(2-14)21-11(20)8(18)7(10)17;/h3-20H,1-2H2;/t3-,4-,5+,6+,7-,8-,9-,10-,11?,12+;/m1./s1. The predicted molar refractivity (Wildman–Crippen MR) is 74.4 cm³/mol. The number of aliphatic hydroxyl groups is 8. The fraction of sp³-hybridized carbons (Fsp3) is 1.00. The van der Waals surface area contributed by atoms with Crippen molar-refractivity contribution in [3.05, 3.63) is 0 Å². The maximum absolute atomic E-state index is 9.94. The molecule has 11 nitrogen and oxygen atoms in total. The van der Waals surface area contributed by atoms with Crippen LogP contribution in [0.1, 0.15) is 0 Å². The Hall–Kier alpha value is 0.820.